The zero-order chi connectivity index (χ0) is 25.8. The number of nitrogens with one attached hydrogen (secondary N) is 2. The number of ether oxygens (including phenoxy) is 1. The Morgan fingerprint density at radius 1 is 1.05 bits per heavy atom. The van der Waals surface area contributed by atoms with Gasteiger partial charge in [-0.05, 0) is 85.5 Å². The minimum absolute atomic E-state index is 0.0171. The first-order chi connectivity index (χ1) is 18.1. The summed E-state index contributed by atoms with van der Waals surface area (Å²) in [5.41, 5.74) is 16.9. The molecule has 1 aliphatic rings. The molecule has 1 amide bonds. The lowest BCUT2D eigenvalue weighted by Crippen LogP contribution is -2.37. The molecule has 0 bridgehead atoms. The number of aromatic nitrogens is 2. The lowest BCUT2D eigenvalue weighted by molar-refractivity contribution is -0.127. The summed E-state index contributed by atoms with van der Waals surface area (Å²) in [5, 5.41) is 11.4. The van der Waals surface area contributed by atoms with Gasteiger partial charge in [0.1, 0.15) is 5.75 Å². The highest BCUT2D eigenvalue weighted by molar-refractivity contribution is 5.91. The van der Waals surface area contributed by atoms with Crippen molar-refractivity contribution in [3.63, 3.8) is 0 Å². The van der Waals surface area contributed by atoms with Crippen molar-refractivity contribution in [3.8, 4) is 16.9 Å². The number of nitrogens with two attached hydrogens (primary N) is 2. The molecule has 3 aromatic carbocycles. The summed E-state index contributed by atoms with van der Waals surface area (Å²) < 4.78 is 5.79. The fraction of sp³-hybridized carbons (Fsp3) is 0.333. The molecule has 5 rings (SSSR count). The first kappa shape index (κ1) is 24.8. The first-order valence-corrected chi connectivity index (χ1v) is 13.0. The number of rotatable bonds is 8. The standard InChI is InChI=1S/C30H35N5O2/c1-37-28-14-12-22(23-11-13-24-27(17-23)34-35-29(24)32)16-25(28)26(15-19-5-3-2-4-6-19)33-30(36)21-9-7-20(18-31)8-10-21/h2-6,11-14,16-17,20-21,26H,7-10,15,18,31H2,1H3,(H,33,36)(H3,32,34,35)/t20-,21-,26?. The van der Waals surface area contributed by atoms with E-state index in [1.54, 1.807) is 7.11 Å². The van der Waals surface area contributed by atoms with E-state index in [1.165, 1.54) is 0 Å². The van der Waals surface area contributed by atoms with E-state index in [0.29, 0.717) is 24.7 Å². The zero-order valence-electron chi connectivity index (χ0n) is 21.2. The number of carbonyl (C=O) groups excluding carboxylic acids is 1. The quantitative estimate of drug-likeness (QED) is 0.274. The second kappa shape index (κ2) is 11.0. The predicted octanol–water partition coefficient (Wildman–Crippen LogP) is 4.99. The summed E-state index contributed by atoms with van der Waals surface area (Å²) in [6, 6.07) is 22.2. The maximum absolute atomic E-state index is 13.5. The smallest absolute Gasteiger partial charge is 0.223 e. The molecule has 1 heterocycles. The van der Waals surface area contributed by atoms with Gasteiger partial charge < -0.3 is 21.5 Å². The molecular formula is C30H35N5O2. The molecular weight excluding hydrogens is 462 g/mol. The predicted molar refractivity (Wildman–Crippen MR) is 148 cm³/mol. The fourth-order valence-corrected chi connectivity index (χ4v) is 5.45. The minimum atomic E-state index is -0.233. The molecule has 37 heavy (non-hydrogen) atoms. The van der Waals surface area contributed by atoms with Crippen molar-refractivity contribution >= 4 is 22.6 Å². The van der Waals surface area contributed by atoms with Gasteiger partial charge in [0.15, 0.2) is 5.82 Å². The number of fused-ring (bicyclic) bond motifs is 1. The van der Waals surface area contributed by atoms with E-state index in [-0.39, 0.29) is 17.9 Å². The highest BCUT2D eigenvalue weighted by Crippen LogP contribution is 2.35. The van der Waals surface area contributed by atoms with Gasteiger partial charge in [0.25, 0.3) is 0 Å². The molecule has 4 aromatic rings. The number of amides is 1. The van der Waals surface area contributed by atoms with Crippen LogP contribution in [0.1, 0.15) is 42.9 Å². The molecule has 0 saturated heterocycles. The Morgan fingerprint density at radius 2 is 1.78 bits per heavy atom. The van der Waals surface area contributed by atoms with Gasteiger partial charge in [-0.15, -0.1) is 0 Å². The normalized spacial score (nSPS) is 18.4. The maximum atomic E-state index is 13.5. The molecule has 1 aliphatic carbocycles. The van der Waals surface area contributed by atoms with Crippen molar-refractivity contribution in [1.29, 1.82) is 0 Å². The van der Waals surface area contributed by atoms with Crippen LogP contribution in [0.4, 0.5) is 5.82 Å². The summed E-state index contributed by atoms with van der Waals surface area (Å²) in [6.07, 6.45) is 4.46. The second-order valence-corrected chi connectivity index (χ2v) is 10.0. The number of anilines is 1. The SMILES string of the molecule is COc1ccc(-c2ccc3c(N)n[nH]c3c2)cc1C(Cc1ccccc1)NC(=O)[C@H]1CC[C@H](CN)CC1. The zero-order valence-corrected chi connectivity index (χ0v) is 21.2. The number of methoxy groups -OCH3 is 1. The lowest BCUT2D eigenvalue weighted by Gasteiger charge is -2.29. The van der Waals surface area contributed by atoms with Gasteiger partial charge >= 0.3 is 0 Å². The van der Waals surface area contributed by atoms with Crippen LogP contribution in [0.2, 0.25) is 0 Å². The van der Waals surface area contributed by atoms with Crippen molar-refractivity contribution in [2.45, 2.75) is 38.1 Å². The number of H-pyrrole nitrogens is 1. The molecule has 7 nitrogen and oxygen atoms in total. The first-order valence-electron chi connectivity index (χ1n) is 13.0. The molecule has 192 valence electrons. The van der Waals surface area contributed by atoms with Gasteiger partial charge in [0, 0.05) is 16.9 Å². The van der Waals surface area contributed by atoms with Crippen LogP contribution < -0.4 is 21.5 Å². The van der Waals surface area contributed by atoms with Gasteiger partial charge in [0.2, 0.25) is 5.91 Å². The van der Waals surface area contributed by atoms with Crippen LogP contribution in [-0.4, -0.2) is 29.8 Å². The molecule has 1 fully saturated rings. The molecule has 7 heteroatoms. The van der Waals surface area contributed by atoms with Gasteiger partial charge in [-0.3, -0.25) is 9.89 Å². The Hall–Kier alpha value is -3.84. The van der Waals surface area contributed by atoms with E-state index in [4.69, 9.17) is 16.2 Å². The van der Waals surface area contributed by atoms with Crippen LogP contribution in [0.25, 0.3) is 22.0 Å². The summed E-state index contributed by atoms with van der Waals surface area (Å²) >= 11 is 0. The third-order valence-electron chi connectivity index (χ3n) is 7.68. The highest BCUT2D eigenvalue weighted by atomic mass is 16.5. The Balaban J connectivity index is 1.48. The van der Waals surface area contributed by atoms with E-state index >= 15 is 0 Å². The summed E-state index contributed by atoms with van der Waals surface area (Å²) in [7, 11) is 1.67. The molecule has 6 N–H and O–H groups in total. The molecule has 0 radical (unpaired) electrons. The van der Waals surface area contributed by atoms with E-state index in [1.807, 2.05) is 48.5 Å². The lowest BCUT2D eigenvalue weighted by atomic mass is 9.81. The number of hydrogen-bond donors (Lipinski definition) is 4. The number of nitrogen functional groups attached to an aromatic ring is 1. The highest BCUT2D eigenvalue weighted by Gasteiger charge is 2.28. The van der Waals surface area contributed by atoms with Gasteiger partial charge in [-0.25, -0.2) is 0 Å². The number of aromatic amines is 1. The Labute approximate surface area is 217 Å². The average Bonchev–Trinajstić information content (AvgIpc) is 3.32. The summed E-state index contributed by atoms with van der Waals surface area (Å²) in [6.45, 7) is 0.700. The van der Waals surface area contributed by atoms with Gasteiger partial charge in [-0.1, -0.05) is 42.5 Å². The van der Waals surface area contributed by atoms with Crippen LogP contribution >= 0.6 is 0 Å². The van der Waals surface area contributed by atoms with Gasteiger partial charge in [-0.2, -0.15) is 5.10 Å². The second-order valence-electron chi connectivity index (χ2n) is 10.0. The summed E-state index contributed by atoms with van der Waals surface area (Å²) in [4.78, 5) is 13.5. The molecule has 0 aliphatic heterocycles. The number of hydrogen-bond acceptors (Lipinski definition) is 5. The monoisotopic (exact) mass is 497 g/mol. The molecule has 1 atom stereocenters. The van der Waals surface area contributed by atoms with Crippen molar-refractivity contribution in [2.24, 2.45) is 17.6 Å². The van der Waals surface area contributed by atoms with Crippen molar-refractivity contribution in [2.75, 3.05) is 19.4 Å². The molecule has 1 aromatic heterocycles. The fourth-order valence-electron chi connectivity index (χ4n) is 5.45. The maximum Gasteiger partial charge on any atom is 0.223 e. The Kier molecular flexibility index (Phi) is 7.42. The number of nitrogens with zero attached hydrogens (tertiary/aromatic N) is 1. The van der Waals surface area contributed by atoms with E-state index in [9.17, 15) is 4.79 Å². The third kappa shape index (κ3) is 5.47. The van der Waals surface area contributed by atoms with E-state index < -0.39 is 0 Å². The van der Waals surface area contributed by atoms with E-state index in [0.717, 1.165) is 64.6 Å². The largest absolute Gasteiger partial charge is 0.496 e. The topological polar surface area (TPSA) is 119 Å². The van der Waals surface area contributed by atoms with Crippen LogP contribution in [0.5, 0.6) is 5.75 Å². The number of benzene rings is 3. The summed E-state index contributed by atoms with van der Waals surface area (Å²) in [5.74, 6) is 1.90. The van der Waals surface area contributed by atoms with Crippen molar-refractivity contribution < 1.29 is 9.53 Å². The van der Waals surface area contributed by atoms with Crippen molar-refractivity contribution in [1.82, 2.24) is 15.5 Å². The molecule has 1 saturated carbocycles. The third-order valence-corrected chi connectivity index (χ3v) is 7.68. The molecule has 0 spiro atoms. The van der Waals surface area contributed by atoms with Crippen LogP contribution in [-0.2, 0) is 11.2 Å². The Morgan fingerprint density at radius 3 is 2.51 bits per heavy atom. The van der Waals surface area contributed by atoms with Crippen molar-refractivity contribution in [3.05, 3.63) is 77.9 Å². The van der Waals surface area contributed by atoms with Gasteiger partial charge in [0.05, 0.1) is 18.7 Å². The van der Waals surface area contributed by atoms with Crippen LogP contribution in [0.3, 0.4) is 0 Å². The average molecular weight is 498 g/mol. The van der Waals surface area contributed by atoms with Crippen LogP contribution in [0.15, 0.2) is 66.7 Å². The Bertz CT molecular complexity index is 1360. The van der Waals surface area contributed by atoms with Crippen LogP contribution in [0, 0.1) is 11.8 Å². The number of carbonyl (C=O) groups is 1. The van der Waals surface area contributed by atoms with E-state index in [2.05, 4.69) is 33.7 Å². The molecule has 1 unspecified atom stereocenters. The minimum Gasteiger partial charge on any atom is -0.496 e.